The average Bonchev–Trinajstić information content (AvgIpc) is 3.42. The second-order valence-corrected chi connectivity index (χ2v) is 11.4. The summed E-state index contributed by atoms with van der Waals surface area (Å²) < 4.78 is 44.2. The Balaban J connectivity index is 1.20. The van der Waals surface area contributed by atoms with E-state index in [1.54, 1.807) is 29.2 Å². The number of aromatic nitrogens is 2. The van der Waals surface area contributed by atoms with Gasteiger partial charge in [-0.2, -0.15) is 18.3 Å². The van der Waals surface area contributed by atoms with Crippen molar-refractivity contribution in [3.8, 4) is 0 Å². The van der Waals surface area contributed by atoms with Crippen LogP contribution in [0.5, 0.6) is 0 Å². The van der Waals surface area contributed by atoms with Crippen molar-refractivity contribution in [2.45, 2.75) is 30.7 Å². The van der Waals surface area contributed by atoms with Crippen LogP contribution in [0.15, 0.2) is 95.5 Å². The summed E-state index contributed by atoms with van der Waals surface area (Å²) in [6, 6.07) is 26.8. The molecule has 10 heteroatoms. The van der Waals surface area contributed by atoms with Crippen molar-refractivity contribution in [1.29, 1.82) is 0 Å². The number of anilines is 1. The van der Waals surface area contributed by atoms with Gasteiger partial charge in [-0.25, -0.2) is 4.68 Å². The summed E-state index contributed by atoms with van der Waals surface area (Å²) in [5.74, 6) is -0.160. The molecule has 1 amide bonds. The number of nitrogens with zero attached hydrogens (tertiary/aromatic N) is 4. The Bertz CT molecular complexity index is 1450. The highest BCUT2D eigenvalue weighted by molar-refractivity contribution is 9.10. The Morgan fingerprint density at radius 2 is 1.46 bits per heavy atom. The molecular weight excluding hydrogens is 595 g/mol. The van der Waals surface area contributed by atoms with Gasteiger partial charge in [-0.3, -0.25) is 9.69 Å². The summed E-state index contributed by atoms with van der Waals surface area (Å²) in [7, 11) is 0. The number of nitrogens with one attached hydrogen (secondary N) is 1. The maximum Gasteiger partial charge on any atom is 0.410 e. The Morgan fingerprint density at radius 3 is 2.02 bits per heavy atom. The molecule has 3 heterocycles. The molecule has 212 valence electrons. The van der Waals surface area contributed by atoms with Crippen LogP contribution in [0.1, 0.15) is 51.7 Å². The number of fused-ring (bicyclic) bond motifs is 1. The maximum absolute atomic E-state index is 14.1. The molecule has 0 radical (unpaired) electrons. The predicted molar refractivity (Wildman–Crippen MR) is 155 cm³/mol. The van der Waals surface area contributed by atoms with E-state index in [1.807, 2.05) is 36.4 Å². The van der Waals surface area contributed by atoms with Gasteiger partial charge >= 0.3 is 6.18 Å². The fourth-order valence-corrected chi connectivity index (χ4v) is 6.09. The van der Waals surface area contributed by atoms with Crippen molar-refractivity contribution in [2.24, 2.45) is 0 Å². The molecule has 0 aliphatic carbocycles. The lowest BCUT2D eigenvalue weighted by atomic mass is 9.96. The van der Waals surface area contributed by atoms with Gasteiger partial charge in [0.15, 0.2) is 11.7 Å². The summed E-state index contributed by atoms with van der Waals surface area (Å²) in [5, 5.41) is 7.36. The number of benzene rings is 3. The van der Waals surface area contributed by atoms with Gasteiger partial charge in [0.1, 0.15) is 5.82 Å². The third-order valence-electron chi connectivity index (χ3n) is 7.88. The van der Waals surface area contributed by atoms with E-state index in [0.29, 0.717) is 26.2 Å². The van der Waals surface area contributed by atoms with E-state index >= 15 is 0 Å². The SMILES string of the molecule is O=C(c1cc2n(n1)[C@H](C(F)(F)F)C[C@@H](c1ccc(Br)cc1)N2)N1CCN(C(c2ccccc2)c2ccccc2)CC1. The van der Waals surface area contributed by atoms with Gasteiger partial charge in [-0.05, 0) is 28.8 Å². The first-order valence-electron chi connectivity index (χ1n) is 13.6. The van der Waals surface area contributed by atoms with Crippen LogP contribution in [0, 0.1) is 0 Å². The molecule has 2 aliphatic rings. The standard InChI is InChI=1S/C31H29BrF3N5O/c32-24-13-11-21(12-14-24)25-19-27(31(33,34)35)40-28(36-25)20-26(37-40)30(41)39-17-15-38(16-18-39)29(22-7-3-1-4-8-22)23-9-5-2-6-10-23/h1-14,20,25,27,29,36H,15-19H2/t25-,27-/m0/s1. The van der Waals surface area contributed by atoms with Gasteiger partial charge in [0.2, 0.25) is 0 Å². The zero-order chi connectivity index (χ0) is 28.6. The van der Waals surface area contributed by atoms with Crippen molar-refractivity contribution in [3.05, 3.63) is 118 Å². The first-order valence-corrected chi connectivity index (χ1v) is 14.4. The van der Waals surface area contributed by atoms with E-state index in [0.717, 1.165) is 14.7 Å². The van der Waals surface area contributed by atoms with Crippen molar-refractivity contribution in [2.75, 3.05) is 31.5 Å². The maximum atomic E-state index is 14.1. The highest BCUT2D eigenvalue weighted by Crippen LogP contribution is 2.44. The van der Waals surface area contributed by atoms with E-state index in [1.165, 1.54) is 17.2 Å². The van der Waals surface area contributed by atoms with Crippen LogP contribution in [-0.4, -0.2) is 57.8 Å². The largest absolute Gasteiger partial charge is 0.410 e. The van der Waals surface area contributed by atoms with Gasteiger partial charge in [-0.15, -0.1) is 0 Å². The lowest BCUT2D eigenvalue weighted by Crippen LogP contribution is -2.50. The third kappa shape index (κ3) is 5.76. The normalized spacial score (nSPS) is 19.6. The summed E-state index contributed by atoms with van der Waals surface area (Å²) in [5.41, 5.74) is 3.11. The van der Waals surface area contributed by atoms with Gasteiger partial charge in [-0.1, -0.05) is 88.7 Å². The van der Waals surface area contributed by atoms with Gasteiger partial charge in [0, 0.05) is 43.1 Å². The van der Waals surface area contributed by atoms with Crippen molar-refractivity contribution in [1.82, 2.24) is 19.6 Å². The lowest BCUT2D eigenvalue weighted by molar-refractivity contribution is -0.173. The predicted octanol–water partition coefficient (Wildman–Crippen LogP) is 6.85. The number of carbonyl (C=O) groups excluding carboxylic acids is 1. The summed E-state index contributed by atoms with van der Waals surface area (Å²) in [6.45, 7) is 2.16. The van der Waals surface area contributed by atoms with Crippen LogP contribution >= 0.6 is 15.9 Å². The summed E-state index contributed by atoms with van der Waals surface area (Å²) in [6.07, 6.45) is -4.72. The summed E-state index contributed by atoms with van der Waals surface area (Å²) in [4.78, 5) is 17.5. The number of alkyl halides is 3. The minimum Gasteiger partial charge on any atom is -0.363 e. The molecule has 0 bridgehead atoms. The molecule has 41 heavy (non-hydrogen) atoms. The Kier molecular flexibility index (Phi) is 7.61. The van der Waals surface area contributed by atoms with Crippen molar-refractivity contribution >= 4 is 27.7 Å². The highest BCUT2D eigenvalue weighted by atomic mass is 79.9. The van der Waals surface area contributed by atoms with Crippen LogP contribution in [0.25, 0.3) is 0 Å². The molecule has 1 N–H and O–H groups in total. The lowest BCUT2D eigenvalue weighted by Gasteiger charge is -2.39. The molecule has 0 unspecified atom stereocenters. The number of halogens is 4. The number of hydrogen-bond acceptors (Lipinski definition) is 4. The third-order valence-corrected chi connectivity index (χ3v) is 8.41. The first-order chi connectivity index (χ1) is 19.8. The highest BCUT2D eigenvalue weighted by Gasteiger charge is 2.47. The molecule has 6 rings (SSSR count). The molecule has 2 atom stereocenters. The second-order valence-electron chi connectivity index (χ2n) is 10.5. The van der Waals surface area contributed by atoms with Gasteiger partial charge < -0.3 is 10.2 Å². The van der Waals surface area contributed by atoms with E-state index < -0.39 is 18.3 Å². The number of hydrogen-bond donors (Lipinski definition) is 1. The van der Waals surface area contributed by atoms with Crippen LogP contribution in [0.2, 0.25) is 0 Å². The topological polar surface area (TPSA) is 53.4 Å². The second kappa shape index (κ2) is 11.3. The van der Waals surface area contributed by atoms with Crippen LogP contribution in [0.3, 0.4) is 0 Å². The molecule has 3 aromatic carbocycles. The molecule has 0 spiro atoms. The fraction of sp³-hybridized carbons (Fsp3) is 0.290. The Labute approximate surface area is 244 Å². The molecule has 0 saturated carbocycles. The smallest absolute Gasteiger partial charge is 0.363 e. The van der Waals surface area contributed by atoms with Gasteiger partial charge in [0.05, 0.1) is 12.1 Å². The molecular formula is C31H29BrF3N5O. The monoisotopic (exact) mass is 623 g/mol. The van der Waals surface area contributed by atoms with E-state index in [9.17, 15) is 18.0 Å². The zero-order valence-corrected chi connectivity index (χ0v) is 23.7. The van der Waals surface area contributed by atoms with Crippen LogP contribution < -0.4 is 5.32 Å². The molecule has 2 aliphatic heterocycles. The molecule has 6 nitrogen and oxygen atoms in total. The van der Waals surface area contributed by atoms with Crippen LogP contribution in [-0.2, 0) is 0 Å². The van der Waals surface area contributed by atoms with Crippen molar-refractivity contribution < 1.29 is 18.0 Å². The fourth-order valence-electron chi connectivity index (χ4n) is 5.82. The van der Waals surface area contributed by atoms with Crippen LogP contribution in [0.4, 0.5) is 19.0 Å². The minimum absolute atomic E-state index is 0.0225. The number of rotatable bonds is 5. The molecule has 1 saturated heterocycles. The first kappa shape index (κ1) is 27.5. The molecule has 1 aromatic heterocycles. The number of carbonyl (C=O) groups is 1. The van der Waals surface area contributed by atoms with E-state index in [-0.39, 0.29) is 29.9 Å². The van der Waals surface area contributed by atoms with Gasteiger partial charge in [0.25, 0.3) is 5.91 Å². The number of amides is 1. The quantitative estimate of drug-likeness (QED) is 0.264. The van der Waals surface area contributed by atoms with E-state index in [2.05, 4.69) is 55.5 Å². The Hall–Kier alpha value is -3.63. The zero-order valence-electron chi connectivity index (χ0n) is 22.1. The molecule has 1 fully saturated rings. The van der Waals surface area contributed by atoms with Crippen molar-refractivity contribution in [3.63, 3.8) is 0 Å². The summed E-state index contributed by atoms with van der Waals surface area (Å²) >= 11 is 3.37. The average molecular weight is 625 g/mol. The van der Waals surface area contributed by atoms with E-state index in [4.69, 9.17) is 0 Å². The Morgan fingerprint density at radius 1 is 0.878 bits per heavy atom. The minimum atomic E-state index is -4.51. The number of piperazine rings is 1. The molecule has 4 aromatic rings.